The minimum absolute atomic E-state index is 0.0258. The van der Waals surface area contributed by atoms with E-state index in [1.165, 1.54) is 6.07 Å². The molecule has 0 aliphatic carbocycles. The molecule has 8 heteroatoms. The number of aromatic nitrogens is 2. The topological polar surface area (TPSA) is 121 Å². The Morgan fingerprint density at radius 1 is 1.21 bits per heavy atom. The smallest absolute Gasteiger partial charge is 0.327 e. The number of rotatable bonds is 4. The van der Waals surface area contributed by atoms with Gasteiger partial charge in [0.25, 0.3) is 11.2 Å². The zero-order valence-corrected chi connectivity index (χ0v) is 9.67. The normalized spacial score (nSPS) is 10.1. The highest BCUT2D eigenvalue weighted by atomic mass is 16.6. The van der Waals surface area contributed by atoms with Crippen molar-refractivity contribution >= 4 is 11.5 Å². The van der Waals surface area contributed by atoms with Crippen LogP contribution in [0.2, 0.25) is 0 Å². The number of aromatic amines is 2. The lowest BCUT2D eigenvalue weighted by Gasteiger charge is -2.05. The minimum Gasteiger partial charge on any atom is -0.367 e. The minimum atomic E-state index is -0.641. The molecule has 3 N–H and O–H groups in total. The molecule has 2 aromatic rings. The second kappa shape index (κ2) is 5.17. The van der Waals surface area contributed by atoms with Gasteiger partial charge in [0.15, 0.2) is 0 Å². The molecule has 0 unspecified atom stereocenters. The number of H-pyrrole nitrogens is 2. The summed E-state index contributed by atoms with van der Waals surface area (Å²) in [6, 6.07) is 7.38. The zero-order chi connectivity index (χ0) is 13.8. The summed E-state index contributed by atoms with van der Waals surface area (Å²) in [6.07, 6.45) is 0. The Morgan fingerprint density at radius 2 is 1.95 bits per heavy atom. The molecular weight excluding hydrogens is 252 g/mol. The Kier molecular flexibility index (Phi) is 3.42. The quantitative estimate of drug-likeness (QED) is 0.549. The van der Waals surface area contributed by atoms with Crippen LogP contribution < -0.4 is 16.6 Å². The fourth-order valence-electron chi connectivity index (χ4n) is 1.59. The van der Waals surface area contributed by atoms with E-state index in [4.69, 9.17) is 0 Å². The highest BCUT2D eigenvalue weighted by Crippen LogP contribution is 2.18. The third-order valence-corrected chi connectivity index (χ3v) is 2.42. The lowest BCUT2D eigenvalue weighted by atomic mass is 10.2. The first kappa shape index (κ1) is 12.6. The van der Waals surface area contributed by atoms with Crippen LogP contribution in [0, 0.1) is 10.1 Å². The van der Waals surface area contributed by atoms with Crippen molar-refractivity contribution in [2.45, 2.75) is 6.54 Å². The van der Waals surface area contributed by atoms with Gasteiger partial charge in [0, 0.05) is 24.2 Å². The molecule has 1 aromatic heterocycles. The standard InChI is InChI=1S/C11H10N4O4/c16-10-5-9(13-11(17)14-10)12-6-7-3-1-2-4-8(7)15(18)19/h1-5H,6H2,(H3,12,13,14,16,17). The van der Waals surface area contributed by atoms with Gasteiger partial charge >= 0.3 is 5.69 Å². The molecular formula is C11H10N4O4. The van der Waals surface area contributed by atoms with E-state index in [-0.39, 0.29) is 18.1 Å². The molecule has 19 heavy (non-hydrogen) atoms. The largest absolute Gasteiger partial charge is 0.367 e. The van der Waals surface area contributed by atoms with Gasteiger partial charge in [0.1, 0.15) is 5.82 Å². The fraction of sp³-hybridized carbons (Fsp3) is 0.0909. The van der Waals surface area contributed by atoms with E-state index in [0.717, 1.165) is 6.07 Å². The Morgan fingerprint density at radius 3 is 2.63 bits per heavy atom. The number of hydrogen-bond donors (Lipinski definition) is 3. The maximum Gasteiger partial charge on any atom is 0.327 e. The molecule has 0 spiro atoms. The molecule has 0 aliphatic rings. The molecule has 0 fully saturated rings. The third kappa shape index (κ3) is 3.06. The predicted molar refractivity (Wildman–Crippen MR) is 68.1 cm³/mol. The van der Waals surface area contributed by atoms with Crippen LogP contribution in [0.3, 0.4) is 0 Å². The van der Waals surface area contributed by atoms with E-state index in [0.29, 0.717) is 5.56 Å². The number of nitro groups is 1. The van der Waals surface area contributed by atoms with Gasteiger partial charge in [0.05, 0.1) is 4.92 Å². The van der Waals surface area contributed by atoms with Gasteiger partial charge in [-0.3, -0.25) is 24.9 Å². The lowest BCUT2D eigenvalue weighted by Crippen LogP contribution is -2.22. The van der Waals surface area contributed by atoms with Crippen molar-refractivity contribution < 1.29 is 4.92 Å². The van der Waals surface area contributed by atoms with E-state index in [1.54, 1.807) is 18.2 Å². The first-order chi connectivity index (χ1) is 9.06. The second-order valence-electron chi connectivity index (χ2n) is 3.74. The summed E-state index contributed by atoms with van der Waals surface area (Å²) in [5, 5.41) is 13.6. The zero-order valence-electron chi connectivity index (χ0n) is 9.67. The Bertz CT molecular complexity index is 691. The molecule has 0 saturated heterocycles. The number of benzene rings is 1. The van der Waals surface area contributed by atoms with Crippen LogP contribution in [-0.4, -0.2) is 14.9 Å². The predicted octanol–water partition coefficient (Wildman–Crippen LogP) is 0.583. The maximum absolute atomic E-state index is 11.1. The molecule has 8 nitrogen and oxygen atoms in total. The SMILES string of the molecule is O=c1cc(NCc2ccccc2[N+](=O)[O-])[nH]c(=O)[nH]1. The summed E-state index contributed by atoms with van der Waals surface area (Å²) in [4.78, 5) is 36.8. The average molecular weight is 262 g/mol. The lowest BCUT2D eigenvalue weighted by molar-refractivity contribution is -0.385. The van der Waals surface area contributed by atoms with Crippen molar-refractivity contribution in [3.8, 4) is 0 Å². The molecule has 0 amide bonds. The summed E-state index contributed by atoms with van der Waals surface area (Å²) in [5.41, 5.74) is -0.762. The van der Waals surface area contributed by atoms with E-state index in [2.05, 4.69) is 10.3 Å². The number of nitrogens with one attached hydrogen (secondary N) is 3. The van der Waals surface area contributed by atoms with Crippen LogP contribution in [0.1, 0.15) is 5.56 Å². The van der Waals surface area contributed by atoms with Crippen LogP contribution in [0.5, 0.6) is 0 Å². The number of nitro benzene ring substituents is 1. The number of para-hydroxylation sites is 1. The van der Waals surface area contributed by atoms with Crippen molar-refractivity contribution in [1.29, 1.82) is 0 Å². The molecule has 0 bridgehead atoms. The molecule has 0 saturated carbocycles. The number of nitrogens with zero attached hydrogens (tertiary/aromatic N) is 1. The Hall–Kier alpha value is -2.90. The fourth-order valence-corrected chi connectivity index (χ4v) is 1.59. The van der Waals surface area contributed by atoms with E-state index in [9.17, 15) is 19.7 Å². The van der Waals surface area contributed by atoms with Gasteiger partial charge < -0.3 is 5.32 Å². The second-order valence-corrected chi connectivity index (χ2v) is 3.74. The van der Waals surface area contributed by atoms with Gasteiger partial charge in [-0.1, -0.05) is 18.2 Å². The van der Waals surface area contributed by atoms with Crippen LogP contribution in [0.4, 0.5) is 11.5 Å². The van der Waals surface area contributed by atoms with Crippen molar-refractivity contribution in [2.75, 3.05) is 5.32 Å². The van der Waals surface area contributed by atoms with Gasteiger partial charge in [-0.2, -0.15) is 0 Å². The summed E-state index contributed by atoms with van der Waals surface area (Å²) in [7, 11) is 0. The van der Waals surface area contributed by atoms with E-state index < -0.39 is 16.2 Å². The van der Waals surface area contributed by atoms with Crippen LogP contribution in [0.15, 0.2) is 39.9 Å². The monoisotopic (exact) mass is 262 g/mol. The molecule has 0 radical (unpaired) electrons. The van der Waals surface area contributed by atoms with Crippen LogP contribution >= 0.6 is 0 Å². The van der Waals surface area contributed by atoms with E-state index in [1.807, 2.05) is 4.98 Å². The van der Waals surface area contributed by atoms with Gasteiger partial charge in [-0.05, 0) is 0 Å². The Labute approximate surface area is 106 Å². The van der Waals surface area contributed by atoms with Crippen molar-refractivity contribution in [1.82, 2.24) is 9.97 Å². The summed E-state index contributed by atoms with van der Waals surface area (Å²) >= 11 is 0. The Balaban J connectivity index is 2.21. The first-order valence-electron chi connectivity index (χ1n) is 5.36. The van der Waals surface area contributed by atoms with Crippen LogP contribution in [-0.2, 0) is 6.54 Å². The van der Waals surface area contributed by atoms with Gasteiger partial charge in [0.2, 0.25) is 0 Å². The molecule has 1 aromatic carbocycles. The average Bonchev–Trinajstić information content (AvgIpc) is 2.35. The molecule has 1 heterocycles. The number of hydrogen-bond acceptors (Lipinski definition) is 5. The molecule has 98 valence electrons. The van der Waals surface area contributed by atoms with E-state index >= 15 is 0 Å². The maximum atomic E-state index is 11.1. The molecule has 0 aliphatic heterocycles. The summed E-state index contributed by atoms with van der Waals surface area (Å²) in [6.45, 7) is 0.122. The first-order valence-corrected chi connectivity index (χ1v) is 5.36. The molecule has 2 rings (SSSR count). The molecule has 0 atom stereocenters. The van der Waals surface area contributed by atoms with Crippen LogP contribution in [0.25, 0.3) is 0 Å². The van der Waals surface area contributed by atoms with Crippen molar-refractivity contribution in [3.63, 3.8) is 0 Å². The van der Waals surface area contributed by atoms with Gasteiger partial charge in [-0.25, -0.2) is 4.79 Å². The highest BCUT2D eigenvalue weighted by Gasteiger charge is 2.11. The highest BCUT2D eigenvalue weighted by molar-refractivity contribution is 5.43. The summed E-state index contributed by atoms with van der Waals surface area (Å²) in [5.74, 6) is 0.201. The number of anilines is 1. The van der Waals surface area contributed by atoms with Crippen molar-refractivity contribution in [2.24, 2.45) is 0 Å². The van der Waals surface area contributed by atoms with Crippen molar-refractivity contribution in [3.05, 3.63) is 66.8 Å². The third-order valence-electron chi connectivity index (χ3n) is 2.42. The summed E-state index contributed by atoms with van der Waals surface area (Å²) < 4.78 is 0. The van der Waals surface area contributed by atoms with Gasteiger partial charge in [-0.15, -0.1) is 0 Å².